The molecule has 0 amide bonds. The fourth-order valence-corrected chi connectivity index (χ4v) is 5.12. The molecule has 0 aromatic heterocycles. The predicted octanol–water partition coefficient (Wildman–Crippen LogP) is 8.77. The van der Waals surface area contributed by atoms with E-state index in [0.717, 1.165) is 61.0 Å². The first-order valence-corrected chi connectivity index (χ1v) is 15.1. The van der Waals surface area contributed by atoms with Gasteiger partial charge >= 0.3 is 11.9 Å². The molecular formula is C38H40O5. The standard InChI is InChI=1S/C38H40O5/c39-37(40)34-23-17-30(18-24-34)15-16-31(28-32-20-25-35(26-21-32)38(41)42)19-22-33-13-7-8-14-36(33)43-27-9-2-1-4-10-29-11-5-3-6-12-29/h3,5-8,11-14,17-26,31H,1-2,4,9-10,15-16,27-28H2,(H,39,40)(H,41,42). The second-order valence-electron chi connectivity index (χ2n) is 10.9. The molecule has 0 saturated heterocycles. The summed E-state index contributed by atoms with van der Waals surface area (Å²) in [6.07, 6.45) is 12.4. The van der Waals surface area contributed by atoms with Crippen molar-refractivity contribution in [3.63, 3.8) is 0 Å². The molecule has 4 aromatic rings. The molecule has 0 bridgehead atoms. The average molecular weight is 577 g/mol. The van der Waals surface area contributed by atoms with E-state index in [1.54, 1.807) is 24.3 Å². The number of aromatic carboxylic acids is 2. The number of para-hydroxylation sites is 1. The van der Waals surface area contributed by atoms with Crippen molar-refractivity contribution in [2.75, 3.05) is 6.61 Å². The molecule has 5 nitrogen and oxygen atoms in total. The summed E-state index contributed by atoms with van der Waals surface area (Å²) < 4.78 is 6.19. The third-order valence-electron chi connectivity index (χ3n) is 7.63. The lowest BCUT2D eigenvalue weighted by Crippen LogP contribution is -2.05. The number of rotatable bonds is 17. The molecule has 1 unspecified atom stereocenters. The zero-order chi connectivity index (χ0) is 30.3. The van der Waals surface area contributed by atoms with E-state index in [1.165, 1.54) is 18.4 Å². The number of carboxylic acids is 2. The topological polar surface area (TPSA) is 83.8 Å². The Hall–Kier alpha value is -4.64. The maximum absolute atomic E-state index is 11.3. The first kappa shape index (κ1) is 31.3. The molecule has 0 heterocycles. The number of allylic oxidation sites excluding steroid dienone is 1. The van der Waals surface area contributed by atoms with Crippen molar-refractivity contribution in [1.82, 2.24) is 0 Å². The van der Waals surface area contributed by atoms with E-state index in [1.807, 2.05) is 42.5 Å². The van der Waals surface area contributed by atoms with E-state index < -0.39 is 11.9 Å². The lowest BCUT2D eigenvalue weighted by molar-refractivity contribution is 0.0686. The molecule has 4 aromatic carbocycles. The Labute approximate surface area is 254 Å². The van der Waals surface area contributed by atoms with Gasteiger partial charge in [0.1, 0.15) is 5.75 Å². The minimum atomic E-state index is -0.934. The summed E-state index contributed by atoms with van der Waals surface area (Å²) in [6, 6.07) is 32.8. The second-order valence-corrected chi connectivity index (χ2v) is 10.9. The van der Waals surface area contributed by atoms with Gasteiger partial charge in [0.25, 0.3) is 0 Å². The van der Waals surface area contributed by atoms with Crippen molar-refractivity contribution >= 4 is 18.0 Å². The Kier molecular flexibility index (Phi) is 12.2. The summed E-state index contributed by atoms with van der Waals surface area (Å²) >= 11 is 0. The Balaban J connectivity index is 1.35. The first-order chi connectivity index (χ1) is 21.0. The second kappa shape index (κ2) is 16.7. The molecule has 0 aliphatic carbocycles. The van der Waals surface area contributed by atoms with Crippen molar-refractivity contribution in [3.8, 4) is 5.75 Å². The number of hydrogen-bond donors (Lipinski definition) is 2. The van der Waals surface area contributed by atoms with Gasteiger partial charge in [-0.1, -0.05) is 97.8 Å². The van der Waals surface area contributed by atoms with Gasteiger partial charge in [-0.05, 0) is 91.5 Å². The molecule has 5 heteroatoms. The molecule has 0 fully saturated rings. The lowest BCUT2D eigenvalue weighted by Gasteiger charge is -2.15. The van der Waals surface area contributed by atoms with Crippen LogP contribution in [0.3, 0.4) is 0 Å². The number of carbonyl (C=O) groups is 2. The molecule has 4 rings (SSSR count). The van der Waals surface area contributed by atoms with Crippen molar-refractivity contribution in [1.29, 1.82) is 0 Å². The van der Waals surface area contributed by atoms with Crippen LogP contribution in [0.2, 0.25) is 0 Å². The molecular weight excluding hydrogens is 536 g/mol. The van der Waals surface area contributed by atoms with Gasteiger partial charge in [-0.15, -0.1) is 0 Å². The van der Waals surface area contributed by atoms with Crippen molar-refractivity contribution in [2.24, 2.45) is 5.92 Å². The summed E-state index contributed by atoms with van der Waals surface area (Å²) in [7, 11) is 0. The third kappa shape index (κ3) is 10.6. The third-order valence-corrected chi connectivity index (χ3v) is 7.63. The zero-order valence-electron chi connectivity index (χ0n) is 24.5. The van der Waals surface area contributed by atoms with Gasteiger partial charge in [0.15, 0.2) is 0 Å². The van der Waals surface area contributed by atoms with Gasteiger partial charge in [-0.25, -0.2) is 9.59 Å². The van der Waals surface area contributed by atoms with Gasteiger partial charge < -0.3 is 14.9 Å². The van der Waals surface area contributed by atoms with Crippen LogP contribution in [0.1, 0.15) is 75.1 Å². The highest BCUT2D eigenvalue weighted by molar-refractivity contribution is 5.88. The van der Waals surface area contributed by atoms with Gasteiger partial charge in [-0.2, -0.15) is 0 Å². The van der Waals surface area contributed by atoms with Gasteiger partial charge in [0, 0.05) is 5.56 Å². The van der Waals surface area contributed by atoms with E-state index >= 15 is 0 Å². The first-order valence-electron chi connectivity index (χ1n) is 15.1. The maximum atomic E-state index is 11.3. The van der Waals surface area contributed by atoms with Crippen LogP contribution in [0, 0.1) is 5.92 Å². The summed E-state index contributed by atoms with van der Waals surface area (Å²) in [5.41, 5.74) is 5.13. The summed E-state index contributed by atoms with van der Waals surface area (Å²) in [4.78, 5) is 22.5. The van der Waals surface area contributed by atoms with Gasteiger partial charge in [0.05, 0.1) is 17.7 Å². The molecule has 222 valence electrons. The van der Waals surface area contributed by atoms with Crippen molar-refractivity contribution < 1.29 is 24.5 Å². The molecule has 0 radical (unpaired) electrons. The summed E-state index contributed by atoms with van der Waals surface area (Å²) in [5, 5.41) is 18.5. The van der Waals surface area contributed by atoms with Gasteiger partial charge in [-0.3, -0.25) is 0 Å². The number of carboxylic acid groups (broad SMARTS) is 2. The van der Waals surface area contributed by atoms with Crippen LogP contribution in [-0.4, -0.2) is 28.8 Å². The Morgan fingerprint density at radius 2 is 1.21 bits per heavy atom. The molecule has 1 atom stereocenters. The van der Waals surface area contributed by atoms with Crippen LogP contribution < -0.4 is 4.74 Å². The summed E-state index contributed by atoms with van der Waals surface area (Å²) in [5.74, 6) is -0.804. The van der Waals surface area contributed by atoms with Crippen LogP contribution >= 0.6 is 0 Å². The Morgan fingerprint density at radius 1 is 0.628 bits per heavy atom. The predicted molar refractivity (Wildman–Crippen MR) is 172 cm³/mol. The van der Waals surface area contributed by atoms with Crippen LogP contribution in [-0.2, 0) is 19.3 Å². The van der Waals surface area contributed by atoms with Crippen LogP contribution in [0.5, 0.6) is 5.75 Å². The van der Waals surface area contributed by atoms with Crippen LogP contribution in [0.4, 0.5) is 0 Å². The van der Waals surface area contributed by atoms with Gasteiger partial charge in [0.2, 0.25) is 0 Å². The van der Waals surface area contributed by atoms with Crippen LogP contribution in [0.25, 0.3) is 6.08 Å². The minimum Gasteiger partial charge on any atom is -0.493 e. The van der Waals surface area contributed by atoms with E-state index in [9.17, 15) is 19.8 Å². The number of unbranched alkanes of at least 4 members (excludes halogenated alkanes) is 3. The fraction of sp³-hybridized carbons (Fsp3) is 0.263. The van der Waals surface area contributed by atoms with Crippen molar-refractivity contribution in [3.05, 3.63) is 143 Å². The fourth-order valence-electron chi connectivity index (χ4n) is 5.12. The lowest BCUT2D eigenvalue weighted by atomic mass is 9.91. The van der Waals surface area contributed by atoms with E-state index in [2.05, 4.69) is 48.6 Å². The number of ether oxygens (including phenoxy) is 1. The highest BCUT2D eigenvalue weighted by atomic mass is 16.5. The van der Waals surface area contributed by atoms with Crippen molar-refractivity contribution in [2.45, 2.75) is 51.4 Å². The molecule has 0 spiro atoms. The highest BCUT2D eigenvalue weighted by Gasteiger charge is 2.11. The van der Waals surface area contributed by atoms with E-state index in [0.29, 0.717) is 6.61 Å². The SMILES string of the molecule is O=C(O)c1ccc(CCC(C=Cc2ccccc2OCCCCCCc2ccccc2)Cc2ccc(C(=O)O)cc2)cc1. The number of hydrogen-bond acceptors (Lipinski definition) is 3. The molecule has 43 heavy (non-hydrogen) atoms. The number of aryl methyl sites for hydroxylation is 2. The largest absolute Gasteiger partial charge is 0.493 e. The minimum absolute atomic E-state index is 0.187. The smallest absolute Gasteiger partial charge is 0.335 e. The monoisotopic (exact) mass is 576 g/mol. The summed E-state index contributed by atoms with van der Waals surface area (Å²) in [6.45, 7) is 0.682. The normalized spacial score (nSPS) is 11.8. The molecule has 0 aliphatic heterocycles. The zero-order valence-corrected chi connectivity index (χ0v) is 24.5. The van der Waals surface area contributed by atoms with E-state index in [-0.39, 0.29) is 17.0 Å². The Bertz CT molecular complexity index is 1460. The maximum Gasteiger partial charge on any atom is 0.335 e. The average Bonchev–Trinajstić information content (AvgIpc) is 3.03. The van der Waals surface area contributed by atoms with E-state index in [4.69, 9.17) is 4.74 Å². The quantitative estimate of drug-likeness (QED) is 0.123. The molecule has 0 aliphatic rings. The Morgan fingerprint density at radius 3 is 1.88 bits per heavy atom. The van der Waals surface area contributed by atoms with Crippen LogP contribution in [0.15, 0.2) is 109 Å². The number of benzene rings is 4. The highest BCUT2D eigenvalue weighted by Crippen LogP contribution is 2.24. The molecule has 2 N–H and O–H groups in total. The molecule has 0 saturated carbocycles.